The Balaban J connectivity index is 0.000000471. The molecule has 0 saturated heterocycles. The maximum Gasteiger partial charge on any atom is 0.115 e. The highest BCUT2D eigenvalue weighted by molar-refractivity contribution is 7.79. The molecule has 0 spiro atoms. The lowest BCUT2D eigenvalue weighted by atomic mass is 10.3. The van der Waals surface area contributed by atoms with Crippen LogP contribution in [0.3, 0.4) is 0 Å². The van der Waals surface area contributed by atoms with E-state index < -0.39 is 7.92 Å². The molecule has 1 N–H and O–H groups in total. The monoisotopic (exact) mass is 336 g/mol. The lowest BCUT2D eigenvalue weighted by Crippen LogP contribution is -2.20. The van der Waals surface area contributed by atoms with Crippen LogP contribution in [0.1, 0.15) is 20.8 Å². The minimum Gasteiger partial charge on any atom is -0.508 e. The normalized spacial score (nSPS) is 10.4. The van der Waals surface area contributed by atoms with Crippen molar-refractivity contribution in [1.29, 1.82) is 0 Å². The fourth-order valence-electron chi connectivity index (χ4n) is 2.20. The number of phenolic OH excluding ortho intramolecular Hbond substituents is 1. The molecule has 0 aliphatic heterocycles. The van der Waals surface area contributed by atoms with Gasteiger partial charge in [-0.2, -0.15) is 0 Å². The number of hydrogen-bond acceptors (Lipinski definition) is 1. The molecular weight excluding hydrogens is 311 g/mol. The van der Waals surface area contributed by atoms with Crippen molar-refractivity contribution in [3.63, 3.8) is 0 Å². The second-order valence-corrected chi connectivity index (χ2v) is 8.47. The van der Waals surface area contributed by atoms with Gasteiger partial charge in [-0.3, -0.25) is 0 Å². The van der Waals surface area contributed by atoms with E-state index in [0.717, 1.165) is 5.92 Å². The highest BCUT2D eigenvalue weighted by Gasteiger charge is 2.15. The van der Waals surface area contributed by atoms with Crippen molar-refractivity contribution >= 4 is 23.8 Å². The van der Waals surface area contributed by atoms with Crippen LogP contribution in [0.2, 0.25) is 0 Å². The zero-order chi connectivity index (χ0) is 17.4. The minimum atomic E-state index is -0.569. The van der Waals surface area contributed by atoms with Gasteiger partial charge >= 0.3 is 0 Å². The Morgan fingerprint density at radius 1 is 0.583 bits per heavy atom. The summed E-state index contributed by atoms with van der Waals surface area (Å²) in [7, 11) is -0.569. The lowest BCUT2D eigenvalue weighted by Gasteiger charge is -2.19. The number of phenols is 1. The van der Waals surface area contributed by atoms with Crippen molar-refractivity contribution in [2.24, 2.45) is 5.92 Å². The fraction of sp³-hybridized carbons (Fsp3) is 0.182. The van der Waals surface area contributed by atoms with E-state index >= 15 is 0 Å². The molecule has 0 bridgehead atoms. The van der Waals surface area contributed by atoms with Crippen LogP contribution in [0.5, 0.6) is 5.75 Å². The highest BCUT2D eigenvalue weighted by atomic mass is 31.1. The molecule has 0 heterocycles. The van der Waals surface area contributed by atoms with Gasteiger partial charge in [0, 0.05) is 0 Å². The van der Waals surface area contributed by atoms with Crippen molar-refractivity contribution in [1.82, 2.24) is 0 Å². The van der Waals surface area contributed by atoms with Crippen molar-refractivity contribution in [3.8, 4) is 5.75 Å². The van der Waals surface area contributed by atoms with Crippen LogP contribution in [-0.2, 0) is 0 Å². The number of rotatable bonds is 3. The summed E-state index contributed by atoms with van der Waals surface area (Å²) in [4.78, 5) is 0. The van der Waals surface area contributed by atoms with Gasteiger partial charge in [-0.1, -0.05) is 93.6 Å². The molecule has 0 aromatic heterocycles. The summed E-state index contributed by atoms with van der Waals surface area (Å²) >= 11 is 0. The molecule has 3 aromatic rings. The summed E-state index contributed by atoms with van der Waals surface area (Å²) in [6.07, 6.45) is 0. The van der Waals surface area contributed by atoms with E-state index in [0.29, 0.717) is 5.75 Å². The molecule has 0 fully saturated rings. The third-order valence-electron chi connectivity index (χ3n) is 3.14. The van der Waals surface area contributed by atoms with Gasteiger partial charge in [-0.05, 0) is 41.9 Å². The predicted molar refractivity (Wildman–Crippen MR) is 107 cm³/mol. The van der Waals surface area contributed by atoms with Gasteiger partial charge in [0.2, 0.25) is 0 Å². The van der Waals surface area contributed by atoms with Crippen molar-refractivity contribution in [2.45, 2.75) is 20.8 Å². The van der Waals surface area contributed by atoms with Gasteiger partial charge in [0.15, 0.2) is 0 Å². The van der Waals surface area contributed by atoms with Crippen molar-refractivity contribution in [2.75, 3.05) is 0 Å². The maximum atomic E-state index is 9.49. The Morgan fingerprint density at radius 2 is 0.917 bits per heavy atom. The van der Waals surface area contributed by atoms with E-state index in [1.807, 2.05) is 24.3 Å². The van der Waals surface area contributed by atoms with E-state index in [1.54, 1.807) is 12.1 Å². The first-order valence-corrected chi connectivity index (χ1v) is 9.61. The minimum absolute atomic E-state index is 0.310. The summed E-state index contributed by atoms with van der Waals surface area (Å²) < 4.78 is 0. The second kappa shape index (κ2) is 9.25. The van der Waals surface area contributed by atoms with Crippen LogP contribution < -0.4 is 15.9 Å². The van der Waals surface area contributed by atoms with Gasteiger partial charge in [-0.15, -0.1) is 0 Å². The Morgan fingerprint density at radius 3 is 1.29 bits per heavy atom. The smallest absolute Gasteiger partial charge is 0.115 e. The van der Waals surface area contributed by atoms with Crippen molar-refractivity contribution < 1.29 is 5.11 Å². The predicted octanol–water partition coefficient (Wildman–Crippen LogP) is 4.81. The summed E-state index contributed by atoms with van der Waals surface area (Å²) in [6.45, 7) is 6.50. The van der Waals surface area contributed by atoms with Crippen molar-refractivity contribution in [3.05, 3.63) is 84.9 Å². The lowest BCUT2D eigenvalue weighted by molar-refractivity contribution is 0.475. The van der Waals surface area contributed by atoms with Gasteiger partial charge in [0.25, 0.3) is 0 Å². The standard InChI is InChI=1S/C18H15OP.C4H10/c19-15-11-13-18(14-12-15)20(16-7-3-1-4-8-16)17-9-5-2-6-10-17;1-4(2)3/h1-14,19H;4H,1-3H3. The average molecular weight is 336 g/mol. The molecule has 0 unspecified atom stereocenters. The van der Waals surface area contributed by atoms with E-state index in [4.69, 9.17) is 0 Å². The van der Waals surface area contributed by atoms with Gasteiger partial charge < -0.3 is 5.11 Å². The van der Waals surface area contributed by atoms with Gasteiger partial charge in [0.05, 0.1) is 0 Å². The summed E-state index contributed by atoms with van der Waals surface area (Å²) in [5, 5.41) is 13.4. The molecule has 0 saturated carbocycles. The molecule has 0 aliphatic rings. The van der Waals surface area contributed by atoms with Crippen LogP contribution in [0.25, 0.3) is 0 Å². The number of benzene rings is 3. The molecule has 3 rings (SSSR count). The fourth-order valence-corrected chi connectivity index (χ4v) is 4.49. The van der Waals surface area contributed by atoms with Gasteiger partial charge in [-0.25, -0.2) is 0 Å². The molecule has 0 aliphatic carbocycles. The molecule has 0 amide bonds. The van der Waals surface area contributed by atoms with Crippen LogP contribution in [0.15, 0.2) is 84.9 Å². The molecule has 1 nitrogen and oxygen atoms in total. The molecule has 0 radical (unpaired) electrons. The molecule has 124 valence electrons. The second-order valence-electron chi connectivity index (χ2n) is 6.25. The SMILES string of the molecule is CC(C)C.Oc1ccc(P(c2ccccc2)c2ccccc2)cc1. The molecule has 3 aromatic carbocycles. The summed E-state index contributed by atoms with van der Waals surface area (Å²) in [6, 6.07) is 28.6. The van der Waals surface area contributed by atoms with Crippen LogP contribution in [-0.4, -0.2) is 5.11 Å². The van der Waals surface area contributed by atoms with E-state index in [9.17, 15) is 5.11 Å². The first-order chi connectivity index (χ1) is 11.6. The Kier molecular flexibility index (Phi) is 7.03. The van der Waals surface area contributed by atoms with E-state index in [2.05, 4.69) is 69.3 Å². The number of hydrogen-bond donors (Lipinski definition) is 1. The van der Waals surface area contributed by atoms with Gasteiger partial charge in [0.1, 0.15) is 5.75 Å². The largest absolute Gasteiger partial charge is 0.508 e. The zero-order valence-corrected chi connectivity index (χ0v) is 15.4. The summed E-state index contributed by atoms with van der Waals surface area (Å²) in [5.74, 6) is 1.14. The Hall–Kier alpha value is -2.11. The van der Waals surface area contributed by atoms with Crippen LogP contribution in [0.4, 0.5) is 0 Å². The highest BCUT2D eigenvalue weighted by Crippen LogP contribution is 2.32. The third kappa shape index (κ3) is 5.51. The Bertz CT molecular complexity index is 664. The molecular formula is C22H25OP. The van der Waals surface area contributed by atoms with Crippen LogP contribution in [0, 0.1) is 5.92 Å². The first kappa shape index (κ1) is 18.2. The Labute approximate surface area is 146 Å². The topological polar surface area (TPSA) is 20.2 Å². The molecule has 0 atom stereocenters. The van der Waals surface area contributed by atoms with E-state index in [-0.39, 0.29) is 0 Å². The first-order valence-electron chi connectivity index (χ1n) is 8.27. The summed E-state index contributed by atoms with van der Waals surface area (Å²) in [5.41, 5.74) is 0. The maximum absolute atomic E-state index is 9.49. The third-order valence-corrected chi connectivity index (χ3v) is 5.58. The number of aromatic hydroxyl groups is 1. The average Bonchev–Trinajstić information content (AvgIpc) is 2.58. The zero-order valence-electron chi connectivity index (χ0n) is 14.6. The molecule has 24 heavy (non-hydrogen) atoms. The van der Waals surface area contributed by atoms with Crippen LogP contribution >= 0.6 is 7.92 Å². The molecule has 2 heteroatoms. The quantitative estimate of drug-likeness (QED) is 0.680. The van der Waals surface area contributed by atoms with E-state index in [1.165, 1.54) is 15.9 Å².